The molecule has 10 heteroatoms. The Kier molecular flexibility index (Phi) is 5.36. The topological polar surface area (TPSA) is 83.7 Å². The molecule has 0 aliphatic heterocycles. The standard InChI is InChI=1S/C23H12F3IN4O2/c24-16-5-4-13(33-21-17(25)10-18-14(19(21)26)6-7-28-18)9-15(16)22-29-23(31-30-22)20(32)11-2-1-3-12(27)8-11/h1-10,28H,(H,29,30,31). The predicted octanol–water partition coefficient (Wildman–Crippen LogP) is 6.00. The van der Waals surface area contributed by atoms with E-state index in [9.17, 15) is 18.0 Å². The molecule has 5 rings (SSSR count). The highest BCUT2D eigenvalue weighted by Crippen LogP contribution is 2.34. The molecule has 0 aliphatic carbocycles. The van der Waals surface area contributed by atoms with Crippen LogP contribution in [0.4, 0.5) is 13.2 Å². The van der Waals surface area contributed by atoms with Gasteiger partial charge in [0.1, 0.15) is 11.6 Å². The van der Waals surface area contributed by atoms with Crippen molar-refractivity contribution in [2.45, 2.75) is 0 Å². The van der Waals surface area contributed by atoms with Crippen molar-refractivity contribution in [3.05, 3.63) is 93.2 Å². The van der Waals surface area contributed by atoms with Crippen molar-refractivity contribution in [1.29, 1.82) is 0 Å². The van der Waals surface area contributed by atoms with E-state index in [4.69, 9.17) is 4.74 Å². The maximum atomic E-state index is 14.7. The van der Waals surface area contributed by atoms with Gasteiger partial charge in [0.05, 0.1) is 11.1 Å². The van der Waals surface area contributed by atoms with Gasteiger partial charge in [0.15, 0.2) is 29.0 Å². The van der Waals surface area contributed by atoms with Crippen LogP contribution in [0.1, 0.15) is 16.2 Å². The van der Waals surface area contributed by atoms with Gasteiger partial charge in [-0.3, -0.25) is 9.89 Å². The van der Waals surface area contributed by atoms with Gasteiger partial charge in [-0.25, -0.2) is 18.2 Å². The molecule has 0 saturated carbocycles. The van der Waals surface area contributed by atoms with E-state index in [2.05, 4.69) is 42.8 Å². The highest BCUT2D eigenvalue weighted by molar-refractivity contribution is 14.1. The SMILES string of the molecule is O=C(c1cccc(I)c1)c1nc(-c2cc(Oc3c(F)cc4[nH]ccc4c3F)ccc2F)n[nH]1. The highest BCUT2D eigenvalue weighted by atomic mass is 127. The molecule has 33 heavy (non-hydrogen) atoms. The van der Waals surface area contributed by atoms with E-state index in [-0.39, 0.29) is 33.9 Å². The Morgan fingerprint density at radius 1 is 1.00 bits per heavy atom. The summed E-state index contributed by atoms with van der Waals surface area (Å²) in [5.41, 5.74) is 0.574. The average molecular weight is 560 g/mol. The lowest BCUT2D eigenvalue weighted by atomic mass is 10.1. The van der Waals surface area contributed by atoms with Gasteiger partial charge >= 0.3 is 0 Å². The molecule has 0 spiro atoms. The van der Waals surface area contributed by atoms with Crippen LogP contribution in [0, 0.1) is 21.0 Å². The lowest BCUT2D eigenvalue weighted by molar-refractivity contribution is 0.102. The Bertz CT molecular complexity index is 1530. The maximum absolute atomic E-state index is 14.7. The van der Waals surface area contributed by atoms with Crippen molar-refractivity contribution in [1.82, 2.24) is 20.2 Å². The first-order valence-corrected chi connectivity index (χ1v) is 10.6. The summed E-state index contributed by atoms with van der Waals surface area (Å²) in [6.45, 7) is 0. The molecule has 0 unspecified atom stereocenters. The van der Waals surface area contributed by atoms with Crippen LogP contribution in [0.5, 0.6) is 11.5 Å². The molecule has 5 aromatic rings. The minimum Gasteiger partial charge on any atom is -0.451 e. The number of fused-ring (bicyclic) bond motifs is 1. The molecule has 2 N–H and O–H groups in total. The van der Waals surface area contributed by atoms with Gasteiger partial charge in [-0.1, -0.05) is 12.1 Å². The second-order valence-electron chi connectivity index (χ2n) is 7.03. The fourth-order valence-corrected chi connectivity index (χ4v) is 3.86. The van der Waals surface area contributed by atoms with Crippen molar-refractivity contribution < 1.29 is 22.7 Å². The molecule has 6 nitrogen and oxygen atoms in total. The van der Waals surface area contributed by atoms with Crippen LogP contribution in [-0.4, -0.2) is 25.9 Å². The molecule has 0 saturated heterocycles. The van der Waals surface area contributed by atoms with Crippen LogP contribution in [-0.2, 0) is 0 Å². The van der Waals surface area contributed by atoms with Crippen LogP contribution in [0.3, 0.4) is 0 Å². The third-order valence-electron chi connectivity index (χ3n) is 4.89. The molecule has 0 bridgehead atoms. The van der Waals surface area contributed by atoms with Gasteiger partial charge in [-0.15, -0.1) is 0 Å². The number of hydrogen-bond acceptors (Lipinski definition) is 4. The number of H-pyrrole nitrogens is 2. The van der Waals surface area contributed by atoms with Gasteiger partial charge in [-0.05, 0) is 59.0 Å². The van der Waals surface area contributed by atoms with E-state index in [0.29, 0.717) is 5.56 Å². The van der Waals surface area contributed by atoms with Gasteiger partial charge < -0.3 is 9.72 Å². The van der Waals surface area contributed by atoms with E-state index >= 15 is 0 Å². The normalized spacial score (nSPS) is 11.2. The third-order valence-corrected chi connectivity index (χ3v) is 5.56. The lowest BCUT2D eigenvalue weighted by Crippen LogP contribution is -2.04. The summed E-state index contributed by atoms with van der Waals surface area (Å²) in [4.78, 5) is 19.5. The van der Waals surface area contributed by atoms with Crippen molar-refractivity contribution in [2.75, 3.05) is 0 Å². The Labute approximate surface area is 198 Å². The summed E-state index contributed by atoms with van der Waals surface area (Å²) >= 11 is 2.08. The number of ketones is 1. The van der Waals surface area contributed by atoms with Gasteiger partial charge in [-0.2, -0.15) is 5.10 Å². The van der Waals surface area contributed by atoms with Crippen LogP contribution in [0.2, 0.25) is 0 Å². The van der Waals surface area contributed by atoms with E-state index in [1.165, 1.54) is 24.4 Å². The molecule has 0 amide bonds. The minimum absolute atomic E-state index is 0.0330. The van der Waals surface area contributed by atoms with E-state index in [1.807, 2.05) is 6.07 Å². The summed E-state index contributed by atoms with van der Waals surface area (Å²) < 4.78 is 49.9. The highest BCUT2D eigenvalue weighted by Gasteiger charge is 2.20. The summed E-state index contributed by atoms with van der Waals surface area (Å²) in [5.74, 6) is -3.75. The van der Waals surface area contributed by atoms with E-state index in [1.54, 1.807) is 18.2 Å². The number of nitrogens with one attached hydrogen (secondary N) is 2. The Morgan fingerprint density at radius 3 is 2.67 bits per heavy atom. The molecule has 164 valence electrons. The second kappa shape index (κ2) is 8.35. The molecule has 0 atom stereocenters. The first-order chi connectivity index (χ1) is 15.9. The van der Waals surface area contributed by atoms with Gasteiger partial charge in [0, 0.05) is 26.8 Å². The number of benzene rings is 3. The summed E-state index contributed by atoms with van der Waals surface area (Å²) in [6, 6.07) is 12.9. The molecule has 0 aliphatic rings. The fraction of sp³-hybridized carbons (Fsp3) is 0. The number of carbonyl (C=O) groups excluding carboxylic acids is 1. The second-order valence-corrected chi connectivity index (χ2v) is 8.28. The molecule has 3 aromatic carbocycles. The number of hydrogen-bond donors (Lipinski definition) is 2. The molecular weight excluding hydrogens is 548 g/mol. The summed E-state index contributed by atoms with van der Waals surface area (Å²) in [6.07, 6.45) is 1.48. The predicted molar refractivity (Wildman–Crippen MR) is 123 cm³/mol. The molecule has 2 heterocycles. The number of halogens is 4. The number of nitrogens with zero attached hydrogens (tertiary/aromatic N) is 2. The Morgan fingerprint density at radius 2 is 1.85 bits per heavy atom. The number of ether oxygens (including phenoxy) is 1. The number of aromatic amines is 2. The minimum atomic E-state index is -0.920. The van der Waals surface area contributed by atoms with Crippen molar-refractivity contribution in [2.24, 2.45) is 0 Å². The molecule has 0 fully saturated rings. The van der Waals surface area contributed by atoms with E-state index < -0.39 is 29.0 Å². The molecule has 2 aromatic heterocycles. The van der Waals surface area contributed by atoms with Crippen molar-refractivity contribution >= 4 is 39.3 Å². The average Bonchev–Trinajstić information content (AvgIpc) is 3.47. The van der Waals surface area contributed by atoms with Crippen LogP contribution in [0.25, 0.3) is 22.3 Å². The third kappa shape index (κ3) is 3.97. The zero-order valence-corrected chi connectivity index (χ0v) is 18.7. The Balaban J connectivity index is 1.47. The van der Waals surface area contributed by atoms with Crippen LogP contribution >= 0.6 is 22.6 Å². The van der Waals surface area contributed by atoms with Crippen molar-refractivity contribution in [3.63, 3.8) is 0 Å². The van der Waals surface area contributed by atoms with E-state index in [0.717, 1.165) is 15.7 Å². The zero-order valence-electron chi connectivity index (χ0n) is 16.5. The zero-order chi connectivity index (χ0) is 23.1. The summed E-state index contributed by atoms with van der Waals surface area (Å²) in [7, 11) is 0. The number of aromatic nitrogens is 4. The smallest absolute Gasteiger partial charge is 0.229 e. The van der Waals surface area contributed by atoms with Crippen molar-refractivity contribution in [3.8, 4) is 22.9 Å². The number of carbonyl (C=O) groups is 1. The molecular formula is C23H12F3IN4O2. The van der Waals surface area contributed by atoms with Gasteiger partial charge in [0.2, 0.25) is 5.78 Å². The Hall–Kier alpha value is -3.67. The van der Waals surface area contributed by atoms with Crippen LogP contribution < -0.4 is 4.74 Å². The molecule has 0 radical (unpaired) electrons. The monoisotopic (exact) mass is 560 g/mol. The summed E-state index contributed by atoms with van der Waals surface area (Å²) in [5, 5.41) is 6.59. The maximum Gasteiger partial charge on any atom is 0.229 e. The first-order valence-electron chi connectivity index (χ1n) is 9.56. The van der Waals surface area contributed by atoms with Crippen LogP contribution in [0.15, 0.2) is 60.8 Å². The lowest BCUT2D eigenvalue weighted by Gasteiger charge is -2.10. The largest absolute Gasteiger partial charge is 0.451 e. The quantitative estimate of drug-likeness (QED) is 0.204. The number of rotatable bonds is 5. The first kappa shape index (κ1) is 21.2. The fourth-order valence-electron chi connectivity index (χ4n) is 3.31. The van der Waals surface area contributed by atoms with Gasteiger partial charge in [0.25, 0.3) is 0 Å².